The fraction of sp³-hybridized carbons (Fsp3) is 0.118. The number of carbonyl (C=O) groups excluding carboxylic acids is 1. The number of nitrogens with one attached hydrogen (secondary N) is 2. The zero-order valence-electron chi connectivity index (χ0n) is 12.4. The molecule has 0 saturated heterocycles. The highest BCUT2D eigenvalue weighted by molar-refractivity contribution is 7.83. The highest BCUT2D eigenvalue weighted by Crippen LogP contribution is 2.23. The van der Waals surface area contributed by atoms with Crippen LogP contribution in [-0.2, 0) is 16.6 Å². The number of carbonyl (C=O) groups is 1. The molecule has 0 aliphatic rings. The molecule has 0 unspecified atom stereocenters. The van der Waals surface area contributed by atoms with E-state index in [1.165, 1.54) is 0 Å². The number of halogens is 1. The fourth-order valence-corrected chi connectivity index (χ4v) is 3.40. The topological polar surface area (TPSA) is 62.0 Å². The maximum Gasteiger partial charge on any atom is 0.257 e. The molecule has 118 valence electrons. The molecular formula is C17H15ClN2O2S. The Kier molecular flexibility index (Phi) is 4.50. The summed E-state index contributed by atoms with van der Waals surface area (Å²) in [5, 5.41) is 4.39. The van der Waals surface area contributed by atoms with Gasteiger partial charge in [0.25, 0.3) is 5.91 Å². The first kappa shape index (κ1) is 15.8. The lowest BCUT2D eigenvalue weighted by atomic mass is 10.1. The Morgan fingerprint density at radius 1 is 1.26 bits per heavy atom. The zero-order chi connectivity index (χ0) is 16.4. The number of para-hydroxylation sites is 1. The maximum absolute atomic E-state index is 12.5. The molecule has 6 heteroatoms. The molecule has 0 bridgehead atoms. The number of benzene rings is 2. The van der Waals surface area contributed by atoms with Gasteiger partial charge in [0.15, 0.2) is 0 Å². The van der Waals surface area contributed by atoms with Crippen LogP contribution in [0, 0.1) is 0 Å². The van der Waals surface area contributed by atoms with Gasteiger partial charge < -0.3 is 10.3 Å². The van der Waals surface area contributed by atoms with Crippen molar-refractivity contribution < 1.29 is 9.00 Å². The second kappa shape index (κ2) is 6.56. The Bertz CT molecular complexity index is 904. The third-order valence-corrected chi connectivity index (χ3v) is 4.58. The molecule has 1 atom stereocenters. The molecule has 1 aromatic heterocycles. The molecule has 1 amide bonds. The van der Waals surface area contributed by atoms with Crippen molar-refractivity contribution in [2.24, 2.45) is 0 Å². The Morgan fingerprint density at radius 3 is 2.87 bits per heavy atom. The SMILES string of the molecule is C[S@](=O)Cc1cc(NC(=O)c2cccc3cc[nH]c23)ccc1Cl. The monoisotopic (exact) mass is 346 g/mol. The van der Waals surface area contributed by atoms with E-state index in [4.69, 9.17) is 11.6 Å². The largest absolute Gasteiger partial charge is 0.361 e. The van der Waals surface area contributed by atoms with Crippen LogP contribution in [0.4, 0.5) is 5.69 Å². The predicted octanol–water partition coefficient (Wildman–Crippen LogP) is 3.95. The van der Waals surface area contributed by atoms with Crippen molar-refractivity contribution in [1.82, 2.24) is 4.98 Å². The minimum atomic E-state index is -0.999. The van der Waals surface area contributed by atoms with Crippen LogP contribution in [0.15, 0.2) is 48.7 Å². The number of rotatable bonds is 4. The van der Waals surface area contributed by atoms with Crippen LogP contribution < -0.4 is 5.32 Å². The lowest BCUT2D eigenvalue weighted by Gasteiger charge is -2.09. The first-order chi connectivity index (χ1) is 11.0. The quantitative estimate of drug-likeness (QED) is 0.751. The van der Waals surface area contributed by atoms with Gasteiger partial charge in [-0.3, -0.25) is 9.00 Å². The third kappa shape index (κ3) is 3.46. The first-order valence-corrected chi connectivity index (χ1v) is 9.11. The van der Waals surface area contributed by atoms with E-state index in [1.54, 1.807) is 36.7 Å². The van der Waals surface area contributed by atoms with Crippen molar-refractivity contribution in [1.29, 1.82) is 0 Å². The first-order valence-electron chi connectivity index (χ1n) is 7.00. The van der Waals surface area contributed by atoms with E-state index in [0.29, 0.717) is 22.0 Å². The predicted molar refractivity (Wildman–Crippen MR) is 95.5 cm³/mol. The minimum absolute atomic E-state index is 0.205. The molecule has 0 aliphatic heterocycles. The summed E-state index contributed by atoms with van der Waals surface area (Å²) < 4.78 is 11.4. The molecule has 0 radical (unpaired) electrons. The van der Waals surface area contributed by atoms with E-state index in [9.17, 15) is 9.00 Å². The van der Waals surface area contributed by atoms with Gasteiger partial charge in [0.1, 0.15) is 0 Å². The lowest BCUT2D eigenvalue weighted by Crippen LogP contribution is -2.12. The zero-order valence-corrected chi connectivity index (χ0v) is 14.0. The summed E-state index contributed by atoms with van der Waals surface area (Å²) in [7, 11) is -0.999. The summed E-state index contributed by atoms with van der Waals surface area (Å²) in [5.74, 6) is 0.151. The van der Waals surface area contributed by atoms with E-state index in [2.05, 4.69) is 10.3 Å². The molecule has 3 aromatic rings. The normalized spacial score (nSPS) is 12.3. The van der Waals surface area contributed by atoms with Gasteiger partial charge in [-0.05, 0) is 35.9 Å². The Morgan fingerprint density at radius 2 is 2.09 bits per heavy atom. The van der Waals surface area contributed by atoms with Gasteiger partial charge in [-0.1, -0.05) is 23.7 Å². The van der Waals surface area contributed by atoms with Gasteiger partial charge in [-0.25, -0.2) is 0 Å². The second-order valence-corrected chi connectivity index (χ2v) is 7.07. The van der Waals surface area contributed by atoms with Crippen molar-refractivity contribution in [2.75, 3.05) is 11.6 Å². The molecule has 2 N–H and O–H groups in total. The summed E-state index contributed by atoms with van der Waals surface area (Å²) >= 11 is 6.11. The highest BCUT2D eigenvalue weighted by atomic mass is 35.5. The summed E-state index contributed by atoms with van der Waals surface area (Å²) in [6, 6.07) is 12.7. The number of anilines is 1. The Balaban J connectivity index is 1.88. The van der Waals surface area contributed by atoms with E-state index >= 15 is 0 Å². The van der Waals surface area contributed by atoms with Gasteiger partial charge in [0, 0.05) is 45.1 Å². The van der Waals surface area contributed by atoms with E-state index in [-0.39, 0.29) is 5.91 Å². The van der Waals surface area contributed by atoms with Crippen LogP contribution in [0.2, 0.25) is 5.02 Å². The van der Waals surface area contributed by atoms with Gasteiger partial charge in [-0.15, -0.1) is 0 Å². The maximum atomic E-state index is 12.5. The Hall–Kier alpha value is -2.11. The van der Waals surface area contributed by atoms with Crippen molar-refractivity contribution in [3.8, 4) is 0 Å². The van der Waals surface area contributed by atoms with Crippen LogP contribution in [-0.4, -0.2) is 21.4 Å². The lowest BCUT2D eigenvalue weighted by molar-refractivity contribution is 0.102. The summed E-state index contributed by atoms with van der Waals surface area (Å²) in [4.78, 5) is 15.6. The number of hydrogen-bond acceptors (Lipinski definition) is 2. The van der Waals surface area contributed by atoms with Crippen LogP contribution in [0.1, 0.15) is 15.9 Å². The van der Waals surface area contributed by atoms with E-state index in [1.807, 2.05) is 18.2 Å². The second-order valence-electron chi connectivity index (χ2n) is 5.23. The smallest absolute Gasteiger partial charge is 0.257 e. The van der Waals surface area contributed by atoms with E-state index in [0.717, 1.165) is 16.5 Å². The van der Waals surface area contributed by atoms with Crippen molar-refractivity contribution in [3.63, 3.8) is 0 Å². The molecule has 23 heavy (non-hydrogen) atoms. The van der Waals surface area contributed by atoms with Crippen LogP contribution >= 0.6 is 11.6 Å². The third-order valence-electron chi connectivity index (χ3n) is 3.49. The van der Waals surface area contributed by atoms with Crippen LogP contribution in [0.25, 0.3) is 10.9 Å². The molecule has 0 fully saturated rings. The standard InChI is InChI=1S/C17H15ClN2O2S/c1-23(22)10-12-9-13(5-6-15(12)18)20-17(21)14-4-2-3-11-7-8-19-16(11)14/h2-9,19H,10H2,1H3,(H,20,21)/t23-/m0/s1. The molecule has 1 heterocycles. The van der Waals surface area contributed by atoms with E-state index < -0.39 is 10.8 Å². The number of amides is 1. The number of aromatic nitrogens is 1. The number of aromatic amines is 1. The summed E-state index contributed by atoms with van der Waals surface area (Å²) in [5.41, 5.74) is 2.75. The van der Waals surface area contributed by atoms with Gasteiger partial charge >= 0.3 is 0 Å². The van der Waals surface area contributed by atoms with Gasteiger partial charge in [0.2, 0.25) is 0 Å². The van der Waals surface area contributed by atoms with Crippen molar-refractivity contribution in [2.45, 2.75) is 5.75 Å². The molecule has 0 spiro atoms. The molecule has 3 rings (SSSR count). The number of hydrogen-bond donors (Lipinski definition) is 2. The van der Waals surface area contributed by atoms with Crippen molar-refractivity contribution >= 4 is 44.9 Å². The number of fused-ring (bicyclic) bond motifs is 1. The average Bonchev–Trinajstić information content (AvgIpc) is 2.98. The number of H-pyrrole nitrogens is 1. The van der Waals surface area contributed by atoms with Crippen molar-refractivity contribution in [3.05, 3.63) is 64.8 Å². The fourth-order valence-electron chi connectivity index (χ4n) is 2.45. The average molecular weight is 347 g/mol. The molecular weight excluding hydrogens is 332 g/mol. The minimum Gasteiger partial charge on any atom is -0.361 e. The van der Waals surface area contributed by atoms with Crippen LogP contribution in [0.3, 0.4) is 0 Å². The Labute approximate surface area is 141 Å². The van der Waals surface area contributed by atoms with Crippen LogP contribution in [0.5, 0.6) is 0 Å². The molecule has 4 nitrogen and oxygen atoms in total. The summed E-state index contributed by atoms with van der Waals surface area (Å²) in [6.45, 7) is 0. The molecule has 0 saturated carbocycles. The van der Waals surface area contributed by atoms with Gasteiger partial charge in [-0.2, -0.15) is 0 Å². The summed E-state index contributed by atoms with van der Waals surface area (Å²) in [6.07, 6.45) is 3.42. The van der Waals surface area contributed by atoms with Gasteiger partial charge in [0.05, 0.1) is 11.1 Å². The molecule has 2 aromatic carbocycles. The highest BCUT2D eigenvalue weighted by Gasteiger charge is 2.12. The molecule has 0 aliphatic carbocycles.